The van der Waals surface area contributed by atoms with E-state index in [0.29, 0.717) is 16.9 Å². The van der Waals surface area contributed by atoms with Crippen LogP contribution in [0.4, 0.5) is 5.69 Å². The fourth-order valence-electron chi connectivity index (χ4n) is 1.41. The molecule has 0 aliphatic rings. The summed E-state index contributed by atoms with van der Waals surface area (Å²) >= 11 is 30.1. The molecule has 0 saturated carbocycles. The molecule has 0 radical (unpaired) electrons. The number of aromatic nitrogens is 1. The summed E-state index contributed by atoms with van der Waals surface area (Å²) in [6.07, 6.45) is 1.54. The zero-order chi connectivity index (χ0) is 13.4. The summed E-state index contributed by atoms with van der Waals surface area (Å²) in [4.78, 5) is 4.13. The molecule has 0 spiro atoms. The van der Waals surface area contributed by atoms with Crippen molar-refractivity contribution in [2.24, 2.45) is 0 Å². The molecular weight excluding hydrogens is 337 g/mol. The van der Waals surface area contributed by atoms with Gasteiger partial charge in [-0.05, 0) is 12.1 Å². The van der Waals surface area contributed by atoms with Crippen molar-refractivity contribution >= 4 is 63.7 Å². The third-order valence-electron chi connectivity index (χ3n) is 2.25. The molecule has 1 aromatic carbocycles. The number of nitrogens with two attached hydrogens (primary N) is 1. The molecule has 1 heterocycles. The second-order valence-corrected chi connectivity index (χ2v) is 5.31. The van der Waals surface area contributed by atoms with Crippen LogP contribution in [0.3, 0.4) is 0 Å². The fourth-order valence-corrected chi connectivity index (χ4v) is 2.75. The molecule has 94 valence electrons. The lowest BCUT2D eigenvalue weighted by atomic mass is 10.1. The molecule has 7 heteroatoms. The quantitative estimate of drug-likeness (QED) is 0.541. The molecule has 0 aliphatic heterocycles. The highest BCUT2D eigenvalue weighted by atomic mass is 35.5. The van der Waals surface area contributed by atoms with Crippen LogP contribution in [0.25, 0.3) is 11.3 Å². The molecule has 0 amide bonds. The molecule has 0 atom stereocenters. The Bertz CT molecular complexity index is 598. The number of anilines is 1. The first-order valence-corrected chi connectivity index (χ1v) is 6.55. The van der Waals surface area contributed by atoms with Crippen molar-refractivity contribution in [2.45, 2.75) is 0 Å². The molecule has 2 aromatic rings. The zero-order valence-electron chi connectivity index (χ0n) is 8.65. The van der Waals surface area contributed by atoms with E-state index >= 15 is 0 Å². The van der Waals surface area contributed by atoms with Crippen molar-refractivity contribution in [2.75, 3.05) is 5.73 Å². The summed E-state index contributed by atoms with van der Waals surface area (Å²) in [5, 5.41) is 0.753. The van der Waals surface area contributed by atoms with E-state index < -0.39 is 0 Å². The molecule has 0 aliphatic carbocycles. The number of rotatable bonds is 1. The van der Waals surface area contributed by atoms with Crippen LogP contribution in [0.15, 0.2) is 18.3 Å². The minimum atomic E-state index is 0.112. The van der Waals surface area contributed by atoms with Gasteiger partial charge in [-0.15, -0.1) is 0 Å². The summed E-state index contributed by atoms with van der Waals surface area (Å²) in [7, 11) is 0. The van der Waals surface area contributed by atoms with E-state index in [-0.39, 0.29) is 25.1 Å². The van der Waals surface area contributed by atoms with Crippen LogP contribution < -0.4 is 5.73 Å². The lowest BCUT2D eigenvalue weighted by Crippen LogP contribution is -1.92. The van der Waals surface area contributed by atoms with Crippen LogP contribution in [0, 0.1) is 0 Å². The van der Waals surface area contributed by atoms with Crippen molar-refractivity contribution < 1.29 is 0 Å². The number of benzene rings is 1. The highest BCUT2D eigenvalue weighted by Gasteiger charge is 2.21. The van der Waals surface area contributed by atoms with Gasteiger partial charge in [0.25, 0.3) is 0 Å². The molecule has 2 nitrogen and oxygen atoms in total. The maximum absolute atomic E-state index is 6.12. The number of halogens is 5. The van der Waals surface area contributed by atoms with Gasteiger partial charge < -0.3 is 5.73 Å². The van der Waals surface area contributed by atoms with Gasteiger partial charge in [0, 0.05) is 17.4 Å². The van der Waals surface area contributed by atoms with E-state index in [1.165, 1.54) is 6.20 Å². The van der Waals surface area contributed by atoms with Crippen LogP contribution in [0.1, 0.15) is 0 Å². The maximum Gasteiger partial charge on any atom is 0.0809 e. The fraction of sp³-hybridized carbons (Fsp3) is 0. The average molecular weight is 342 g/mol. The first kappa shape index (κ1) is 14.0. The third kappa shape index (κ3) is 2.36. The van der Waals surface area contributed by atoms with E-state index in [1.807, 2.05) is 0 Å². The standard InChI is InChI=1S/C11H5Cl5N2/c12-7-6(5-3-4(17)1-2-18-5)8(13)10(15)11(16)9(7)14/h1-3H,(H2,17,18). The minimum absolute atomic E-state index is 0.112. The van der Waals surface area contributed by atoms with E-state index in [2.05, 4.69) is 4.98 Å². The highest BCUT2D eigenvalue weighted by molar-refractivity contribution is 6.56. The van der Waals surface area contributed by atoms with E-state index in [4.69, 9.17) is 63.7 Å². The molecule has 1 aromatic heterocycles. The topological polar surface area (TPSA) is 38.9 Å². The summed E-state index contributed by atoms with van der Waals surface area (Å²) in [6, 6.07) is 3.26. The van der Waals surface area contributed by atoms with Gasteiger partial charge in [0.05, 0.1) is 30.8 Å². The van der Waals surface area contributed by atoms with E-state index in [0.717, 1.165) is 0 Å². The van der Waals surface area contributed by atoms with Crippen LogP contribution in [0.2, 0.25) is 25.1 Å². The molecule has 0 saturated heterocycles. The monoisotopic (exact) mass is 340 g/mol. The molecule has 0 unspecified atom stereocenters. The first-order chi connectivity index (χ1) is 8.43. The van der Waals surface area contributed by atoms with Gasteiger partial charge in [-0.2, -0.15) is 0 Å². The zero-order valence-corrected chi connectivity index (χ0v) is 12.4. The van der Waals surface area contributed by atoms with Gasteiger partial charge in [0.1, 0.15) is 0 Å². The predicted octanol–water partition coefficient (Wildman–Crippen LogP) is 5.60. The normalized spacial score (nSPS) is 10.7. The number of hydrogen-bond acceptors (Lipinski definition) is 2. The Hall–Kier alpha value is -0.380. The summed E-state index contributed by atoms with van der Waals surface area (Å²) in [5.41, 5.74) is 7.09. The second kappa shape index (κ2) is 5.32. The van der Waals surface area contributed by atoms with E-state index in [1.54, 1.807) is 12.1 Å². The smallest absolute Gasteiger partial charge is 0.0809 e. The minimum Gasteiger partial charge on any atom is -0.399 e. The van der Waals surface area contributed by atoms with Crippen molar-refractivity contribution in [1.82, 2.24) is 4.98 Å². The van der Waals surface area contributed by atoms with Crippen molar-refractivity contribution in [1.29, 1.82) is 0 Å². The van der Waals surface area contributed by atoms with Crippen molar-refractivity contribution in [3.05, 3.63) is 43.4 Å². The molecule has 0 fully saturated rings. The average Bonchev–Trinajstić information content (AvgIpc) is 2.34. The molecule has 2 rings (SSSR count). The maximum atomic E-state index is 6.12. The lowest BCUT2D eigenvalue weighted by molar-refractivity contribution is 1.33. The highest BCUT2D eigenvalue weighted by Crippen LogP contribution is 2.47. The van der Waals surface area contributed by atoms with Crippen LogP contribution in [-0.2, 0) is 0 Å². The predicted molar refractivity (Wildman–Crippen MR) is 79.1 cm³/mol. The number of nitrogen functional groups attached to an aromatic ring is 1. The van der Waals surface area contributed by atoms with Gasteiger partial charge in [-0.1, -0.05) is 58.0 Å². The Morgan fingerprint density at radius 1 is 0.833 bits per heavy atom. The molecule has 18 heavy (non-hydrogen) atoms. The Kier molecular flexibility index (Phi) is 4.15. The molecular formula is C11H5Cl5N2. The van der Waals surface area contributed by atoms with Crippen LogP contribution >= 0.6 is 58.0 Å². The Morgan fingerprint density at radius 2 is 1.33 bits per heavy atom. The summed E-state index contributed by atoms with van der Waals surface area (Å²) in [5.74, 6) is 0. The van der Waals surface area contributed by atoms with Crippen LogP contribution in [-0.4, -0.2) is 4.98 Å². The Labute approximate surface area is 129 Å². The lowest BCUT2D eigenvalue weighted by Gasteiger charge is -2.12. The van der Waals surface area contributed by atoms with Gasteiger partial charge in [0.15, 0.2) is 0 Å². The van der Waals surface area contributed by atoms with Gasteiger partial charge in [0.2, 0.25) is 0 Å². The SMILES string of the molecule is Nc1ccnc(-c2c(Cl)c(Cl)c(Cl)c(Cl)c2Cl)c1. The van der Waals surface area contributed by atoms with Gasteiger partial charge >= 0.3 is 0 Å². The van der Waals surface area contributed by atoms with Crippen molar-refractivity contribution in [3.8, 4) is 11.3 Å². The number of nitrogens with zero attached hydrogens (tertiary/aromatic N) is 1. The first-order valence-electron chi connectivity index (χ1n) is 4.66. The van der Waals surface area contributed by atoms with Gasteiger partial charge in [-0.3, -0.25) is 4.98 Å². The molecule has 2 N–H and O–H groups in total. The summed E-state index contributed by atoms with van der Waals surface area (Å²) in [6.45, 7) is 0. The van der Waals surface area contributed by atoms with Crippen LogP contribution in [0.5, 0.6) is 0 Å². The van der Waals surface area contributed by atoms with Gasteiger partial charge in [-0.25, -0.2) is 0 Å². The second-order valence-electron chi connectivity index (χ2n) is 3.42. The van der Waals surface area contributed by atoms with Crippen molar-refractivity contribution in [3.63, 3.8) is 0 Å². The Balaban J connectivity index is 2.80. The largest absolute Gasteiger partial charge is 0.399 e. The number of hydrogen-bond donors (Lipinski definition) is 1. The Morgan fingerprint density at radius 3 is 1.83 bits per heavy atom. The third-order valence-corrected chi connectivity index (χ3v) is 4.53. The molecule has 0 bridgehead atoms. The summed E-state index contributed by atoms with van der Waals surface area (Å²) < 4.78 is 0. The van der Waals surface area contributed by atoms with E-state index in [9.17, 15) is 0 Å². The number of pyridine rings is 1.